The van der Waals surface area contributed by atoms with Gasteiger partial charge in [0.05, 0.1) is 0 Å². The molecule has 0 spiro atoms. The molecule has 2 nitrogen and oxygen atoms in total. The van der Waals surface area contributed by atoms with E-state index in [0.29, 0.717) is 0 Å². The number of hydrogen-bond donors (Lipinski definition) is 1. The normalized spacial score (nSPS) is 12.2. The molecular weight excluding hydrogens is 270 g/mol. The van der Waals surface area contributed by atoms with Crippen LogP contribution in [0.25, 0.3) is 0 Å². The summed E-state index contributed by atoms with van der Waals surface area (Å²) < 4.78 is 6.17. The van der Waals surface area contributed by atoms with Crippen LogP contribution >= 0.6 is 11.6 Å². The number of benzene rings is 2. The molecule has 0 fully saturated rings. The Bertz CT molecular complexity index is 542. The number of nitrogens with one attached hydrogen (secondary N) is 1. The van der Waals surface area contributed by atoms with Gasteiger partial charge in [-0.3, -0.25) is 0 Å². The molecule has 2 rings (SSSR count). The third kappa shape index (κ3) is 3.99. The van der Waals surface area contributed by atoms with Crippen molar-refractivity contribution in [1.82, 2.24) is 5.32 Å². The van der Waals surface area contributed by atoms with Crippen molar-refractivity contribution < 1.29 is 4.74 Å². The van der Waals surface area contributed by atoms with E-state index < -0.39 is 0 Å². The third-order valence-corrected chi connectivity index (χ3v) is 3.39. The molecule has 2 aromatic rings. The summed E-state index contributed by atoms with van der Waals surface area (Å²) in [4.78, 5) is 0. The monoisotopic (exact) mass is 289 g/mol. The van der Waals surface area contributed by atoms with Crippen LogP contribution in [0.3, 0.4) is 0 Å². The molecule has 20 heavy (non-hydrogen) atoms. The second kappa shape index (κ2) is 7.32. The fourth-order valence-corrected chi connectivity index (χ4v) is 2.30. The third-order valence-electron chi connectivity index (χ3n) is 3.16. The summed E-state index contributed by atoms with van der Waals surface area (Å²) in [5.74, 6) is 0.876. The summed E-state index contributed by atoms with van der Waals surface area (Å²) in [6, 6.07) is 16.0. The fourth-order valence-electron chi connectivity index (χ4n) is 2.07. The Labute approximate surface area is 125 Å². The lowest BCUT2D eigenvalue weighted by Gasteiger charge is -2.21. The van der Waals surface area contributed by atoms with Crippen molar-refractivity contribution in [2.24, 2.45) is 0 Å². The lowest BCUT2D eigenvalue weighted by Crippen LogP contribution is -2.25. The molecular formula is C17H20ClNO. The van der Waals surface area contributed by atoms with Gasteiger partial charge < -0.3 is 10.1 Å². The number of hydrogen-bond acceptors (Lipinski definition) is 2. The molecule has 0 aliphatic carbocycles. The Hall–Kier alpha value is -1.51. The maximum atomic E-state index is 6.17. The molecule has 3 heteroatoms. The lowest BCUT2D eigenvalue weighted by atomic mass is 10.1. The molecule has 0 radical (unpaired) electrons. The van der Waals surface area contributed by atoms with E-state index in [9.17, 15) is 0 Å². The minimum absolute atomic E-state index is 0.00368. The first-order chi connectivity index (χ1) is 9.70. The Morgan fingerprint density at radius 2 is 1.90 bits per heavy atom. The molecule has 2 aromatic carbocycles. The topological polar surface area (TPSA) is 21.3 Å². The number of likely N-dealkylation sites (N-methyl/N-ethyl adjacent to an activating group) is 1. The number of rotatable bonds is 6. The standard InChI is InChI=1S/C17H20ClNO/c1-3-19-12-17(14-7-5-4-6-8-14)20-16-10-9-15(18)11-13(16)2/h4-11,17,19H,3,12H2,1-2H3. The fraction of sp³-hybridized carbons (Fsp3) is 0.294. The van der Waals surface area contributed by atoms with Crippen molar-refractivity contribution in [3.63, 3.8) is 0 Å². The highest BCUT2D eigenvalue weighted by Crippen LogP contribution is 2.27. The van der Waals surface area contributed by atoms with E-state index in [2.05, 4.69) is 24.4 Å². The maximum Gasteiger partial charge on any atom is 0.136 e. The summed E-state index contributed by atoms with van der Waals surface area (Å²) in [7, 11) is 0. The van der Waals surface area contributed by atoms with Gasteiger partial charge in [0.1, 0.15) is 11.9 Å². The zero-order valence-electron chi connectivity index (χ0n) is 11.9. The molecule has 1 unspecified atom stereocenters. The molecule has 1 N–H and O–H groups in total. The minimum atomic E-state index is -0.00368. The Morgan fingerprint density at radius 3 is 2.55 bits per heavy atom. The molecule has 0 heterocycles. The van der Waals surface area contributed by atoms with Crippen LogP contribution in [0.2, 0.25) is 5.02 Å². The summed E-state index contributed by atoms with van der Waals surface area (Å²) >= 11 is 5.99. The highest BCUT2D eigenvalue weighted by molar-refractivity contribution is 6.30. The van der Waals surface area contributed by atoms with Gasteiger partial charge >= 0.3 is 0 Å². The van der Waals surface area contributed by atoms with Gasteiger partial charge in [-0.25, -0.2) is 0 Å². The molecule has 0 aliphatic heterocycles. The van der Waals surface area contributed by atoms with Crippen LogP contribution in [0.15, 0.2) is 48.5 Å². The van der Waals surface area contributed by atoms with E-state index in [0.717, 1.165) is 29.4 Å². The quantitative estimate of drug-likeness (QED) is 0.852. The highest BCUT2D eigenvalue weighted by Gasteiger charge is 2.13. The van der Waals surface area contributed by atoms with Crippen LogP contribution in [0.4, 0.5) is 0 Å². The molecule has 0 bridgehead atoms. The van der Waals surface area contributed by atoms with Crippen LogP contribution in [0, 0.1) is 6.92 Å². The first-order valence-electron chi connectivity index (χ1n) is 6.89. The van der Waals surface area contributed by atoms with Gasteiger partial charge in [-0.05, 0) is 42.8 Å². The Balaban J connectivity index is 2.19. The molecule has 0 aliphatic rings. The predicted molar refractivity (Wildman–Crippen MR) is 84.5 cm³/mol. The van der Waals surface area contributed by atoms with Gasteiger partial charge in [0.25, 0.3) is 0 Å². The first kappa shape index (κ1) is 14.9. The van der Waals surface area contributed by atoms with Crippen molar-refractivity contribution in [3.8, 4) is 5.75 Å². The van der Waals surface area contributed by atoms with Crippen LogP contribution in [0.5, 0.6) is 5.75 Å². The number of aryl methyl sites for hydroxylation is 1. The molecule has 0 saturated carbocycles. The summed E-state index contributed by atoms with van der Waals surface area (Å²) in [6.07, 6.45) is -0.00368. The second-order valence-corrected chi connectivity index (χ2v) is 5.17. The van der Waals surface area contributed by atoms with Gasteiger partial charge in [-0.15, -0.1) is 0 Å². The second-order valence-electron chi connectivity index (χ2n) is 4.73. The Morgan fingerprint density at radius 1 is 1.15 bits per heavy atom. The largest absolute Gasteiger partial charge is 0.484 e. The summed E-state index contributed by atoms with van der Waals surface area (Å²) in [5, 5.41) is 4.08. The van der Waals surface area contributed by atoms with Gasteiger partial charge in [-0.1, -0.05) is 48.9 Å². The van der Waals surface area contributed by atoms with Crippen molar-refractivity contribution in [2.45, 2.75) is 20.0 Å². The first-order valence-corrected chi connectivity index (χ1v) is 7.27. The average Bonchev–Trinajstić information content (AvgIpc) is 2.46. The van der Waals surface area contributed by atoms with Crippen molar-refractivity contribution in [2.75, 3.05) is 13.1 Å². The minimum Gasteiger partial charge on any atom is -0.484 e. The zero-order chi connectivity index (χ0) is 14.4. The number of halogens is 1. The summed E-state index contributed by atoms with van der Waals surface area (Å²) in [5.41, 5.74) is 2.22. The van der Waals surface area contributed by atoms with E-state index >= 15 is 0 Å². The number of ether oxygens (including phenoxy) is 1. The Kier molecular flexibility index (Phi) is 5.45. The molecule has 1 atom stereocenters. The summed E-state index contributed by atoms with van der Waals surface area (Å²) in [6.45, 7) is 5.81. The van der Waals surface area contributed by atoms with Gasteiger partial charge in [0, 0.05) is 11.6 Å². The van der Waals surface area contributed by atoms with Crippen LogP contribution in [-0.2, 0) is 0 Å². The van der Waals surface area contributed by atoms with Crippen molar-refractivity contribution in [1.29, 1.82) is 0 Å². The SMILES string of the molecule is CCNCC(Oc1ccc(Cl)cc1C)c1ccccc1. The van der Waals surface area contributed by atoms with E-state index in [1.807, 2.05) is 43.3 Å². The van der Waals surface area contributed by atoms with Crippen LogP contribution in [-0.4, -0.2) is 13.1 Å². The van der Waals surface area contributed by atoms with E-state index in [1.54, 1.807) is 0 Å². The zero-order valence-corrected chi connectivity index (χ0v) is 12.7. The van der Waals surface area contributed by atoms with Gasteiger partial charge in [0.15, 0.2) is 0 Å². The van der Waals surface area contributed by atoms with Gasteiger partial charge in [0.2, 0.25) is 0 Å². The maximum absolute atomic E-state index is 6.17. The average molecular weight is 290 g/mol. The van der Waals surface area contributed by atoms with Crippen LogP contribution < -0.4 is 10.1 Å². The smallest absolute Gasteiger partial charge is 0.136 e. The van der Waals surface area contributed by atoms with E-state index in [-0.39, 0.29) is 6.10 Å². The van der Waals surface area contributed by atoms with Crippen molar-refractivity contribution >= 4 is 11.6 Å². The molecule has 0 amide bonds. The lowest BCUT2D eigenvalue weighted by molar-refractivity contribution is 0.201. The highest BCUT2D eigenvalue weighted by atomic mass is 35.5. The van der Waals surface area contributed by atoms with Crippen molar-refractivity contribution in [3.05, 3.63) is 64.7 Å². The van der Waals surface area contributed by atoms with E-state index in [1.165, 1.54) is 5.56 Å². The molecule has 0 aromatic heterocycles. The molecule has 106 valence electrons. The van der Waals surface area contributed by atoms with Gasteiger partial charge in [-0.2, -0.15) is 0 Å². The predicted octanol–water partition coefficient (Wildman–Crippen LogP) is 4.38. The van der Waals surface area contributed by atoms with E-state index in [4.69, 9.17) is 16.3 Å². The van der Waals surface area contributed by atoms with Crippen LogP contribution in [0.1, 0.15) is 24.2 Å². The molecule has 0 saturated heterocycles.